The van der Waals surface area contributed by atoms with Crippen molar-refractivity contribution in [2.45, 2.75) is 45.1 Å². The minimum atomic E-state index is -0.595. The molecule has 3 unspecified atom stereocenters. The molecule has 2 aromatic rings. The summed E-state index contributed by atoms with van der Waals surface area (Å²) in [6.07, 6.45) is -0.676. The first-order valence-corrected chi connectivity index (χ1v) is 8.25. The number of aliphatic hydroxyl groups is 1. The van der Waals surface area contributed by atoms with E-state index in [1.54, 1.807) is 6.92 Å². The van der Waals surface area contributed by atoms with Gasteiger partial charge in [-0.25, -0.2) is 0 Å². The number of carbonyl (C=O) groups excluding carboxylic acids is 1. The molecule has 0 fully saturated rings. The summed E-state index contributed by atoms with van der Waals surface area (Å²) < 4.78 is 5.61. The topological polar surface area (TPSA) is 58.6 Å². The highest BCUT2D eigenvalue weighted by Crippen LogP contribution is 2.17. The Labute approximate surface area is 143 Å². The Morgan fingerprint density at radius 2 is 1.62 bits per heavy atom. The van der Waals surface area contributed by atoms with Crippen molar-refractivity contribution >= 4 is 5.91 Å². The van der Waals surface area contributed by atoms with Gasteiger partial charge in [0.25, 0.3) is 0 Å². The SMILES string of the molecule is CC(CC(O)c1ccccc1)NC(=O)C(C)OCc1ccccc1. The summed E-state index contributed by atoms with van der Waals surface area (Å²) in [6, 6.07) is 19.1. The average molecular weight is 327 g/mol. The zero-order valence-electron chi connectivity index (χ0n) is 14.2. The van der Waals surface area contributed by atoms with Crippen LogP contribution in [0.1, 0.15) is 37.5 Å². The molecule has 24 heavy (non-hydrogen) atoms. The number of ether oxygens (including phenoxy) is 1. The number of benzene rings is 2. The van der Waals surface area contributed by atoms with Gasteiger partial charge in [-0.05, 0) is 31.4 Å². The van der Waals surface area contributed by atoms with Gasteiger partial charge in [0.15, 0.2) is 0 Å². The fourth-order valence-corrected chi connectivity index (χ4v) is 2.44. The van der Waals surface area contributed by atoms with E-state index in [-0.39, 0.29) is 11.9 Å². The quantitative estimate of drug-likeness (QED) is 0.783. The summed E-state index contributed by atoms with van der Waals surface area (Å²) >= 11 is 0. The van der Waals surface area contributed by atoms with Crippen molar-refractivity contribution in [2.75, 3.05) is 0 Å². The lowest BCUT2D eigenvalue weighted by molar-refractivity contribution is -0.133. The molecule has 2 rings (SSSR count). The minimum absolute atomic E-state index is 0.143. The van der Waals surface area contributed by atoms with E-state index in [2.05, 4.69) is 5.32 Å². The van der Waals surface area contributed by atoms with Crippen LogP contribution in [0.5, 0.6) is 0 Å². The van der Waals surface area contributed by atoms with Crippen molar-refractivity contribution in [3.8, 4) is 0 Å². The second-order valence-corrected chi connectivity index (χ2v) is 6.01. The normalized spacial score (nSPS) is 14.6. The second-order valence-electron chi connectivity index (χ2n) is 6.01. The summed E-state index contributed by atoms with van der Waals surface area (Å²) in [4.78, 5) is 12.2. The number of nitrogens with one attached hydrogen (secondary N) is 1. The van der Waals surface area contributed by atoms with Gasteiger partial charge in [-0.2, -0.15) is 0 Å². The number of amides is 1. The molecule has 0 saturated heterocycles. The first-order valence-electron chi connectivity index (χ1n) is 8.25. The van der Waals surface area contributed by atoms with Crippen molar-refractivity contribution < 1.29 is 14.6 Å². The Hall–Kier alpha value is -2.17. The van der Waals surface area contributed by atoms with Gasteiger partial charge in [-0.15, -0.1) is 0 Å². The molecule has 0 aliphatic rings. The molecule has 4 heteroatoms. The highest BCUT2D eigenvalue weighted by Gasteiger charge is 2.18. The van der Waals surface area contributed by atoms with E-state index in [4.69, 9.17) is 4.74 Å². The highest BCUT2D eigenvalue weighted by molar-refractivity contribution is 5.80. The first kappa shape index (κ1) is 18.2. The average Bonchev–Trinajstić information content (AvgIpc) is 2.61. The molecular formula is C20H25NO3. The lowest BCUT2D eigenvalue weighted by Gasteiger charge is -2.20. The molecule has 0 radical (unpaired) electrons. The van der Waals surface area contributed by atoms with Crippen LogP contribution in [0.2, 0.25) is 0 Å². The maximum Gasteiger partial charge on any atom is 0.249 e. The van der Waals surface area contributed by atoms with Gasteiger partial charge >= 0.3 is 0 Å². The number of rotatable bonds is 8. The van der Waals surface area contributed by atoms with E-state index < -0.39 is 12.2 Å². The Morgan fingerprint density at radius 1 is 1.04 bits per heavy atom. The largest absolute Gasteiger partial charge is 0.388 e. The number of hydrogen-bond acceptors (Lipinski definition) is 3. The van der Waals surface area contributed by atoms with Crippen LogP contribution >= 0.6 is 0 Å². The summed E-state index contributed by atoms with van der Waals surface area (Å²) in [7, 11) is 0. The second kappa shape index (κ2) is 9.21. The third-order valence-corrected chi connectivity index (χ3v) is 3.86. The van der Waals surface area contributed by atoms with E-state index in [1.165, 1.54) is 0 Å². The molecule has 0 heterocycles. The predicted molar refractivity (Wildman–Crippen MR) is 94.3 cm³/mol. The van der Waals surface area contributed by atoms with Crippen LogP contribution in [-0.2, 0) is 16.1 Å². The Morgan fingerprint density at radius 3 is 2.25 bits per heavy atom. The van der Waals surface area contributed by atoms with Gasteiger partial charge in [0, 0.05) is 6.04 Å². The van der Waals surface area contributed by atoms with Crippen LogP contribution in [0.4, 0.5) is 0 Å². The van der Waals surface area contributed by atoms with Crippen molar-refractivity contribution in [3.63, 3.8) is 0 Å². The van der Waals surface area contributed by atoms with E-state index in [9.17, 15) is 9.90 Å². The third-order valence-electron chi connectivity index (χ3n) is 3.86. The summed E-state index contributed by atoms with van der Waals surface area (Å²) in [5.41, 5.74) is 1.89. The van der Waals surface area contributed by atoms with Gasteiger partial charge in [-0.3, -0.25) is 4.79 Å². The molecular weight excluding hydrogens is 302 g/mol. The van der Waals surface area contributed by atoms with Gasteiger partial charge in [0.05, 0.1) is 12.7 Å². The number of carbonyl (C=O) groups is 1. The maximum absolute atomic E-state index is 12.2. The Kier molecular flexibility index (Phi) is 6.97. The third kappa shape index (κ3) is 5.80. The molecule has 0 saturated carbocycles. The predicted octanol–water partition coefficient (Wildman–Crippen LogP) is 3.22. The van der Waals surface area contributed by atoms with Crippen molar-refractivity contribution in [3.05, 3.63) is 71.8 Å². The van der Waals surface area contributed by atoms with Crippen LogP contribution in [0.3, 0.4) is 0 Å². The fourth-order valence-electron chi connectivity index (χ4n) is 2.44. The lowest BCUT2D eigenvalue weighted by Crippen LogP contribution is -2.40. The Balaban J connectivity index is 1.76. The molecule has 0 aliphatic carbocycles. The van der Waals surface area contributed by atoms with Crippen LogP contribution in [-0.4, -0.2) is 23.2 Å². The smallest absolute Gasteiger partial charge is 0.249 e. The minimum Gasteiger partial charge on any atom is -0.388 e. The van der Waals surface area contributed by atoms with E-state index >= 15 is 0 Å². The van der Waals surface area contributed by atoms with Crippen molar-refractivity contribution in [2.24, 2.45) is 0 Å². The van der Waals surface area contributed by atoms with Crippen LogP contribution < -0.4 is 5.32 Å². The molecule has 128 valence electrons. The molecule has 1 amide bonds. The van der Waals surface area contributed by atoms with E-state index in [0.717, 1.165) is 11.1 Å². The van der Waals surface area contributed by atoms with Gasteiger partial charge < -0.3 is 15.2 Å². The molecule has 2 aromatic carbocycles. The lowest BCUT2D eigenvalue weighted by atomic mass is 10.0. The van der Waals surface area contributed by atoms with Gasteiger partial charge in [-0.1, -0.05) is 60.7 Å². The number of aliphatic hydroxyl groups excluding tert-OH is 1. The summed E-state index contributed by atoms with van der Waals surface area (Å²) in [5.74, 6) is -0.168. The standard InChI is InChI=1S/C20H25NO3/c1-15(13-19(22)18-11-7-4-8-12-18)21-20(23)16(2)24-14-17-9-5-3-6-10-17/h3-12,15-16,19,22H,13-14H2,1-2H3,(H,21,23). The molecule has 3 atom stereocenters. The van der Waals surface area contributed by atoms with E-state index in [1.807, 2.05) is 67.6 Å². The van der Waals surface area contributed by atoms with Crippen molar-refractivity contribution in [1.82, 2.24) is 5.32 Å². The molecule has 2 N–H and O–H groups in total. The van der Waals surface area contributed by atoms with E-state index in [0.29, 0.717) is 13.0 Å². The molecule has 0 aromatic heterocycles. The molecule has 0 aliphatic heterocycles. The zero-order valence-corrected chi connectivity index (χ0v) is 14.2. The van der Waals surface area contributed by atoms with Crippen LogP contribution in [0.15, 0.2) is 60.7 Å². The van der Waals surface area contributed by atoms with Crippen LogP contribution in [0, 0.1) is 0 Å². The summed E-state index contributed by atoms with van der Waals surface area (Å²) in [6.45, 7) is 4.02. The Bertz CT molecular complexity index is 615. The molecule has 0 spiro atoms. The highest BCUT2D eigenvalue weighted by atomic mass is 16.5. The zero-order chi connectivity index (χ0) is 17.4. The van der Waals surface area contributed by atoms with Gasteiger partial charge in [0.1, 0.15) is 6.10 Å². The number of hydrogen-bond donors (Lipinski definition) is 2. The van der Waals surface area contributed by atoms with Gasteiger partial charge in [0.2, 0.25) is 5.91 Å². The maximum atomic E-state index is 12.2. The fraction of sp³-hybridized carbons (Fsp3) is 0.350. The molecule has 4 nitrogen and oxygen atoms in total. The monoisotopic (exact) mass is 327 g/mol. The summed E-state index contributed by atoms with van der Waals surface area (Å²) in [5, 5.41) is 13.1. The molecule has 0 bridgehead atoms. The van der Waals surface area contributed by atoms with Crippen LogP contribution in [0.25, 0.3) is 0 Å². The van der Waals surface area contributed by atoms with Crippen molar-refractivity contribution in [1.29, 1.82) is 0 Å². The first-order chi connectivity index (χ1) is 11.6.